The van der Waals surface area contributed by atoms with E-state index in [1.807, 2.05) is 51.1 Å². The third-order valence-electron chi connectivity index (χ3n) is 6.25. The summed E-state index contributed by atoms with van der Waals surface area (Å²) in [5, 5.41) is 12.7. The molecule has 1 amide bonds. The van der Waals surface area contributed by atoms with E-state index in [0.717, 1.165) is 30.6 Å². The Balaban J connectivity index is 1.63. The number of rotatable bonds is 7. The lowest BCUT2D eigenvalue weighted by Crippen LogP contribution is -2.39. The van der Waals surface area contributed by atoms with Gasteiger partial charge in [0.15, 0.2) is 0 Å². The van der Waals surface area contributed by atoms with Gasteiger partial charge in [-0.3, -0.25) is 9.59 Å². The van der Waals surface area contributed by atoms with Gasteiger partial charge in [-0.25, -0.2) is 9.36 Å². The Bertz CT molecular complexity index is 1210. The fourth-order valence-electron chi connectivity index (χ4n) is 4.48. The second-order valence-corrected chi connectivity index (χ2v) is 8.46. The molecule has 0 saturated heterocycles. The normalized spacial score (nSPS) is 14.9. The molecular formula is C25H31N5O2. The Morgan fingerprint density at radius 3 is 2.62 bits per heavy atom. The number of fused-ring (bicyclic) bond motifs is 1. The summed E-state index contributed by atoms with van der Waals surface area (Å²) in [6, 6.07) is 9.06. The van der Waals surface area contributed by atoms with Gasteiger partial charge in [0.05, 0.1) is 22.5 Å². The summed E-state index contributed by atoms with van der Waals surface area (Å²) in [5.74, 6) is -0.162. The van der Waals surface area contributed by atoms with Crippen LogP contribution in [0.3, 0.4) is 0 Å². The van der Waals surface area contributed by atoms with Crippen molar-refractivity contribution in [3.05, 3.63) is 63.7 Å². The van der Waals surface area contributed by atoms with Gasteiger partial charge in [0, 0.05) is 6.54 Å². The summed E-state index contributed by atoms with van der Waals surface area (Å²) in [5.41, 5.74) is 3.98. The largest absolute Gasteiger partial charge is 0.354 e. The number of para-hydroxylation sites is 1. The SMILES string of the molecule is CC[C@@H](C(=O)NCCC1=CCCCC1)n1nc(C)c2nn(-c3ccccc3)c(C)c2c1=O. The topological polar surface area (TPSA) is 81.8 Å². The zero-order valence-electron chi connectivity index (χ0n) is 19.1. The van der Waals surface area contributed by atoms with Crippen LogP contribution in [0.5, 0.6) is 0 Å². The highest BCUT2D eigenvalue weighted by atomic mass is 16.2. The first-order valence-electron chi connectivity index (χ1n) is 11.5. The monoisotopic (exact) mass is 433 g/mol. The van der Waals surface area contributed by atoms with Crippen LogP contribution in [0.1, 0.15) is 62.9 Å². The van der Waals surface area contributed by atoms with E-state index in [1.165, 1.54) is 23.1 Å². The minimum Gasteiger partial charge on any atom is -0.354 e. The fourth-order valence-corrected chi connectivity index (χ4v) is 4.48. The van der Waals surface area contributed by atoms with Gasteiger partial charge in [0.1, 0.15) is 11.6 Å². The van der Waals surface area contributed by atoms with E-state index >= 15 is 0 Å². The third-order valence-corrected chi connectivity index (χ3v) is 6.25. The van der Waals surface area contributed by atoms with Gasteiger partial charge >= 0.3 is 0 Å². The number of allylic oxidation sites excluding steroid dienone is 1. The summed E-state index contributed by atoms with van der Waals surface area (Å²) >= 11 is 0. The maximum absolute atomic E-state index is 13.4. The Hall–Kier alpha value is -3.22. The van der Waals surface area contributed by atoms with Gasteiger partial charge in [0.2, 0.25) is 5.91 Å². The van der Waals surface area contributed by atoms with Crippen LogP contribution < -0.4 is 10.9 Å². The molecular weight excluding hydrogens is 402 g/mol. The van der Waals surface area contributed by atoms with E-state index in [-0.39, 0.29) is 11.5 Å². The molecule has 32 heavy (non-hydrogen) atoms. The second kappa shape index (κ2) is 9.51. The molecule has 0 fully saturated rings. The third kappa shape index (κ3) is 4.24. The van der Waals surface area contributed by atoms with Crippen molar-refractivity contribution in [2.75, 3.05) is 6.54 Å². The van der Waals surface area contributed by atoms with Crippen molar-refractivity contribution in [3.8, 4) is 5.69 Å². The van der Waals surface area contributed by atoms with Crippen LogP contribution in [-0.2, 0) is 4.79 Å². The number of carbonyl (C=O) groups excluding carboxylic acids is 1. The summed E-state index contributed by atoms with van der Waals surface area (Å²) in [6.45, 7) is 6.20. The van der Waals surface area contributed by atoms with Crippen molar-refractivity contribution in [2.45, 2.75) is 65.3 Å². The lowest BCUT2D eigenvalue weighted by Gasteiger charge is -2.18. The average Bonchev–Trinajstić information content (AvgIpc) is 3.17. The molecule has 0 radical (unpaired) electrons. The first-order valence-corrected chi connectivity index (χ1v) is 11.5. The molecule has 2 heterocycles. The molecule has 1 aromatic carbocycles. The van der Waals surface area contributed by atoms with Crippen LogP contribution in [0, 0.1) is 13.8 Å². The minimum atomic E-state index is -0.648. The van der Waals surface area contributed by atoms with E-state index in [1.54, 1.807) is 4.68 Å². The number of hydrogen-bond donors (Lipinski definition) is 1. The van der Waals surface area contributed by atoms with E-state index in [9.17, 15) is 9.59 Å². The molecule has 0 spiro atoms. The average molecular weight is 434 g/mol. The van der Waals surface area contributed by atoms with Gasteiger partial charge in [-0.1, -0.05) is 36.8 Å². The number of benzene rings is 1. The molecule has 7 nitrogen and oxygen atoms in total. The predicted octanol–water partition coefficient (Wildman–Crippen LogP) is 4.16. The number of aromatic nitrogens is 4. The number of nitrogens with zero attached hydrogens (tertiary/aromatic N) is 4. The molecule has 0 bridgehead atoms. The van der Waals surface area contributed by atoms with E-state index < -0.39 is 6.04 Å². The lowest BCUT2D eigenvalue weighted by atomic mass is 9.97. The van der Waals surface area contributed by atoms with Crippen LogP contribution in [0.25, 0.3) is 16.6 Å². The summed E-state index contributed by atoms with van der Waals surface area (Å²) < 4.78 is 3.11. The van der Waals surface area contributed by atoms with Crippen molar-refractivity contribution in [1.29, 1.82) is 0 Å². The number of carbonyl (C=O) groups is 1. The van der Waals surface area contributed by atoms with Gasteiger partial charge in [-0.2, -0.15) is 10.2 Å². The molecule has 0 aliphatic heterocycles. The highest BCUT2D eigenvalue weighted by Crippen LogP contribution is 2.22. The predicted molar refractivity (Wildman–Crippen MR) is 126 cm³/mol. The maximum atomic E-state index is 13.4. The van der Waals surface area contributed by atoms with Crippen LogP contribution in [0.15, 0.2) is 46.8 Å². The van der Waals surface area contributed by atoms with E-state index in [4.69, 9.17) is 0 Å². The Labute approximate surface area is 188 Å². The standard InChI is InChI=1S/C25H31N5O2/c1-4-21(24(31)26-16-15-19-11-7-5-8-12-19)30-25(32)22-18(3)29(20-13-9-6-10-14-20)28-23(22)17(2)27-30/h6,9-11,13-14,21H,4-5,7-8,12,15-16H2,1-3H3,(H,26,31)/t21-/m0/s1. The van der Waals surface area contributed by atoms with Crippen LogP contribution >= 0.6 is 0 Å². The molecule has 168 valence electrons. The quantitative estimate of drug-likeness (QED) is 0.568. The molecule has 4 rings (SSSR count). The highest BCUT2D eigenvalue weighted by molar-refractivity contribution is 5.84. The number of nitrogens with one attached hydrogen (secondary N) is 1. The molecule has 7 heteroatoms. The van der Waals surface area contributed by atoms with Gasteiger partial charge in [-0.05, 0) is 64.5 Å². The van der Waals surface area contributed by atoms with E-state index in [2.05, 4.69) is 21.6 Å². The second-order valence-electron chi connectivity index (χ2n) is 8.46. The molecule has 1 N–H and O–H groups in total. The van der Waals surface area contributed by atoms with Crippen LogP contribution in [0.2, 0.25) is 0 Å². The molecule has 0 saturated carbocycles. The molecule has 1 aliphatic carbocycles. The number of hydrogen-bond acceptors (Lipinski definition) is 4. The smallest absolute Gasteiger partial charge is 0.278 e. The first kappa shape index (κ1) is 22.0. The zero-order chi connectivity index (χ0) is 22.7. The van der Waals surface area contributed by atoms with Crippen molar-refractivity contribution in [1.82, 2.24) is 24.9 Å². The highest BCUT2D eigenvalue weighted by Gasteiger charge is 2.25. The Morgan fingerprint density at radius 1 is 1.16 bits per heavy atom. The van der Waals surface area contributed by atoms with Crippen LogP contribution in [-0.4, -0.2) is 32.0 Å². The molecule has 3 aromatic rings. The lowest BCUT2D eigenvalue weighted by molar-refractivity contribution is -0.124. The van der Waals surface area contributed by atoms with Crippen molar-refractivity contribution in [3.63, 3.8) is 0 Å². The van der Waals surface area contributed by atoms with Crippen molar-refractivity contribution in [2.24, 2.45) is 0 Å². The molecule has 1 atom stereocenters. The molecule has 2 aromatic heterocycles. The summed E-state index contributed by atoms with van der Waals surface area (Å²) in [7, 11) is 0. The Kier molecular flexibility index (Phi) is 6.53. The number of amides is 1. The van der Waals surface area contributed by atoms with Crippen LogP contribution in [0.4, 0.5) is 0 Å². The van der Waals surface area contributed by atoms with Gasteiger partial charge in [0.25, 0.3) is 5.56 Å². The summed E-state index contributed by atoms with van der Waals surface area (Å²) in [4.78, 5) is 26.4. The summed E-state index contributed by atoms with van der Waals surface area (Å²) in [6.07, 6.45) is 8.38. The molecule has 1 aliphatic rings. The minimum absolute atomic E-state index is 0.162. The van der Waals surface area contributed by atoms with Gasteiger partial charge in [-0.15, -0.1) is 0 Å². The first-order chi connectivity index (χ1) is 15.5. The number of aryl methyl sites for hydroxylation is 2. The fraction of sp³-hybridized carbons (Fsp3) is 0.440. The maximum Gasteiger partial charge on any atom is 0.278 e. The molecule has 0 unspecified atom stereocenters. The van der Waals surface area contributed by atoms with Gasteiger partial charge < -0.3 is 5.32 Å². The van der Waals surface area contributed by atoms with Crippen molar-refractivity contribution >= 4 is 16.8 Å². The zero-order valence-corrected chi connectivity index (χ0v) is 19.1. The Morgan fingerprint density at radius 2 is 1.94 bits per heavy atom. The van der Waals surface area contributed by atoms with E-state index in [0.29, 0.717) is 29.6 Å². The van der Waals surface area contributed by atoms with Crippen molar-refractivity contribution < 1.29 is 4.79 Å².